The van der Waals surface area contributed by atoms with Crippen molar-refractivity contribution in [2.75, 3.05) is 10.8 Å². The van der Waals surface area contributed by atoms with Crippen LogP contribution in [0.1, 0.15) is 38.8 Å². The van der Waals surface area contributed by atoms with Crippen LogP contribution in [0.15, 0.2) is 77.7 Å². The highest BCUT2D eigenvalue weighted by molar-refractivity contribution is 7.92. The molecule has 0 aromatic heterocycles. The third-order valence-corrected chi connectivity index (χ3v) is 8.11. The molecule has 0 saturated carbocycles. The van der Waals surface area contributed by atoms with E-state index in [1.165, 1.54) is 35.2 Å². The maximum absolute atomic E-state index is 13.9. The first-order chi connectivity index (χ1) is 18.2. The predicted molar refractivity (Wildman–Crippen MR) is 157 cm³/mol. The largest absolute Gasteiger partial charge is 0.350 e. The summed E-state index contributed by atoms with van der Waals surface area (Å²) in [5, 5.41) is 3.33. The molecule has 7 nitrogen and oxygen atoms in total. The SMILES string of the molecule is Cc1ccc(S(=O)(=O)N(CC(=O)N(Cc2ccccc2)[C@@H](C)C(=O)NC(C)(C)C)c2cc(Cl)cc(Cl)c2)cc1. The molecule has 1 atom stereocenters. The Morgan fingerprint density at radius 2 is 1.49 bits per heavy atom. The Balaban J connectivity index is 2.06. The van der Waals surface area contributed by atoms with E-state index in [2.05, 4.69) is 5.32 Å². The third-order valence-electron chi connectivity index (χ3n) is 5.88. The number of carbonyl (C=O) groups is 2. The molecule has 39 heavy (non-hydrogen) atoms. The second kappa shape index (κ2) is 12.4. The maximum atomic E-state index is 13.9. The van der Waals surface area contributed by atoms with E-state index >= 15 is 0 Å². The number of amides is 2. The Morgan fingerprint density at radius 3 is 2.03 bits per heavy atom. The fraction of sp³-hybridized carbons (Fsp3) is 0.310. The summed E-state index contributed by atoms with van der Waals surface area (Å²) in [6.07, 6.45) is 0. The molecule has 0 spiro atoms. The van der Waals surface area contributed by atoms with Gasteiger partial charge in [0.25, 0.3) is 10.0 Å². The van der Waals surface area contributed by atoms with Crippen molar-refractivity contribution < 1.29 is 18.0 Å². The smallest absolute Gasteiger partial charge is 0.264 e. The molecule has 2 amide bonds. The average Bonchev–Trinajstić information content (AvgIpc) is 2.84. The third kappa shape index (κ3) is 8.21. The van der Waals surface area contributed by atoms with Crippen LogP contribution in [0.2, 0.25) is 10.0 Å². The summed E-state index contributed by atoms with van der Waals surface area (Å²) in [6.45, 7) is 8.54. The summed E-state index contributed by atoms with van der Waals surface area (Å²) in [7, 11) is -4.21. The molecule has 3 aromatic rings. The van der Waals surface area contributed by atoms with Crippen molar-refractivity contribution in [2.24, 2.45) is 0 Å². The molecular formula is C29H33Cl2N3O4S. The minimum Gasteiger partial charge on any atom is -0.350 e. The number of carbonyl (C=O) groups excluding carboxylic acids is 2. The van der Waals surface area contributed by atoms with Crippen LogP contribution in [-0.2, 0) is 26.2 Å². The monoisotopic (exact) mass is 589 g/mol. The number of sulfonamides is 1. The van der Waals surface area contributed by atoms with E-state index in [4.69, 9.17) is 23.2 Å². The molecule has 0 aliphatic carbocycles. The molecular weight excluding hydrogens is 557 g/mol. The summed E-state index contributed by atoms with van der Waals surface area (Å²) >= 11 is 12.4. The number of rotatable bonds is 9. The fourth-order valence-corrected chi connectivity index (χ4v) is 5.80. The molecule has 0 aliphatic rings. The zero-order valence-electron chi connectivity index (χ0n) is 22.6. The fourth-order valence-electron chi connectivity index (χ4n) is 3.89. The molecule has 0 aliphatic heterocycles. The van der Waals surface area contributed by atoms with Crippen LogP contribution in [0.5, 0.6) is 0 Å². The van der Waals surface area contributed by atoms with Gasteiger partial charge in [-0.2, -0.15) is 0 Å². The Bertz CT molecular complexity index is 1400. The van der Waals surface area contributed by atoms with Gasteiger partial charge in [0.15, 0.2) is 0 Å². The molecule has 3 aromatic carbocycles. The lowest BCUT2D eigenvalue weighted by atomic mass is 10.1. The van der Waals surface area contributed by atoms with E-state index < -0.39 is 34.1 Å². The molecule has 10 heteroatoms. The number of aryl methyl sites for hydroxylation is 1. The van der Waals surface area contributed by atoms with Gasteiger partial charge in [-0.25, -0.2) is 8.42 Å². The van der Waals surface area contributed by atoms with Gasteiger partial charge in [-0.05, 0) is 70.5 Å². The van der Waals surface area contributed by atoms with Crippen molar-refractivity contribution >= 4 is 50.7 Å². The molecule has 3 rings (SSSR count). The van der Waals surface area contributed by atoms with E-state index in [-0.39, 0.29) is 33.1 Å². The minimum atomic E-state index is -4.21. The van der Waals surface area contributed by atoms with Gasteiger partial charge in [-0.15, -0.1) is 0 Å². The Labute approximate surface area is 240 Å². The Hall–Kier alpha value is -3.07. The van der Waals surface area contributed by atoms with E-state index in [0.717, 1.165) is 15.4 Å². The quantitative estimate of drug-likeness (QED) is 0.340. The van der Waals surface area contributed by atoms with Crippen molar-refractivity contribution in [3.8, 4) is 0 Å². The van der Waals surface area contributed by atoms with Crippen LogP contribution in [0, 0.1) is 6.92 Å². The summed E-state index contributed by atoms with van der Waals surface area (Å²) < 4.78 is 28.7. The van der Waals surface area contributed by atoms with E-state index in [1.54, 1.807) is 19.1 Å². The normalized spacial score (nSPS) is 12.5. The van der Waals surface area contributed by atoms with Gasteiger partial charge in [-0.1, -0.05) is 71.2 Å². The van der Waals surface area contributed by atoms with Gasteiger partial charge < -0.3 is 10.2 Å². The molecule has 0 unspecified atom stereocenters. The zero-order chi connectivity index (χ0) is 29.0. The second-order valence-corrected chi connectivity index (χ2v) is 13.1. The standard InChI is InChI=1S/C29H33Cl2N3O4S/c1-20-11-13-26(14-12-20)39(37,38)34(25-16-23(30)15-24(31)17-25)19-27(35)33(18-22-9-7-6-8-10-22)21(2)28(36)32-29(3,4)5/h6-17,21H,18-19H2,1-5H3,(H,32,36)/t21-/m0/s1. The van der Waals surface area contributed by atoms with Gasteiger partial charge in [0.05, 0.1) is 10.6 Å². The highest BCUT2D eigenvalue weighted by Gasteiger charge is 2.33. The number of hydrogen-bond donors (Lipinski definition) is 1. The van der Waals surface area contributed by atoms with E-state index in [0.29, 0.717) is 0 Å². The van der Waals surface area contributed by atoms with Gasteiger partial charge >= 0.3 is 0 Å². The van der Waals surface area contributed by atoms with E-state index in [9.17, 15) is 18.0 Å². The summed E-state index contributed by atoms with van der Waals surface area (Å²) in [4.78, 5) is 28.4. The van der Waals surface area contributed by atoms with Gasteiger partial charge in [-0.3, -0.25) is 13.9 Å². The lowest BCUT2D eigenvalue weighted by Crippen LogP contribution is -2.54. The van der Waals surface area contributed by atoms with Crippen LogP contribution in [0.4, 0.5) is 5.69 Å². The average molecular weight is 591 g/mol. The zero-order valence-corrected chi connectivity index (χ0v) is 24.9. The van der Waals surface area contributed by atoms with Crippen molar-refractivity contribution in [2.45, 2.75) is 57.6 Å². The molecule has 0 radical (unpaired) electrons. The van der Waals surface area contributed by atoms with Crippen LogP contribution < -0.4 is 9.62 Å². The molecule has 0 fully saturated rings. The first-order valence-electron chi connectivity index (χ1n) is 12.4. The topological polar surface area (TPSA) is 86.8 Å². The predicted octanol–water partition coefficient (Wildman–Crippen LogP) is 5.83. The molecule has 0 heterocycles. The number of halogens is 2. The Morgan fingerprint density at radius 1 is 0.923 bits per heavy atom. The van der Waals surface area contributed by atoms with Crippen LogP contribution >= 0.6 is 23.2 Å². The van der Waals surface area contributed by atoms with E-state index in [1.807, 2.05) is 58.0 Å². The summed E-state index contributed by atoms with van der Waals surface area (Å²) in [5.74, 6) is -0.923. The lowest BCUT2D eigenvalue weighted by molar-refractivity contribution is -0.140. The molecule has 1 N–H and O–H groups in total. The highest BCUT2D eigenvalue weighted by atomic mass is 35.5. The molecule has 0 bridgehead atoms. The lowest BCUT2D eigenvalue weighted by Gasteiger charge is -2.33. The highest BCUT2D eigenvalue weighted by Crippen LogP contribution is 2.30. The van der Waals surface area contributed by atoms with Gasteiger partial charge in [0, 0.05) is 22.1 Å². The second-order valence-electron chi connectivity index (χ2n) is 10.4. The first-order valence-corrected chi connectivity index (χ1v) is 14.6. The van der Waals surface area contributed by atoms with Gasteiger partial charge in [0.2, 0.25) is 11.8 Å². The maximum Gasteiger partial charge on any atom is 0.264 e. The number of nitrogens with one attached hydrogen (secondary N) is 1. The number of hydrogen-bond acceptors (Lipinski definition) is 4. The summed E-state index contributed by atoms with van der Waals surface area (Å²) in [5.41, 5.74) is 1.29. The van der Waals surface area contributed by atoms with Crippen LogP contribution in [0.25, 0.3) is 0 Å². The van der Waals surface area contributed by atoms with Gasteiger partial charge in [0.1, 0.15) is 12.6 Å². The van der Waals surface area contributed by atoms with Crippen LogP contribution in [-0.4, -0.2) is 43.3 Å². The minimum absolute atomic E-state index is 0.00475. The summed E-state index contributed by atoms with van der Waals surface area (Å²) in [6, 6.07) is 19.0. The Kier molecular flexibility index (Phi) is 9.69. The molecule has 0 saturated heterocycles. The number of benzene rings is 3. The molecule has 208 valence electrons. The first kappa shape index (κ1) is 30.5. The van der Waals surface area contributed by atoms with Crippen molar-refractivity contribution in [1.82, 2.24) is 10.2 Å². The number of anilines is 1. The van der Waals surface area contributed by atoms with Crippen molar-refractivity contribution in [3.63, 3.8) is 0 Å². The van der Waals surface area contributed by atoms with Crippen molar-refractivity contribution in [1.29, 1.82) is 0 Å². The van der Waals surface area contributed by atoms with Crippen LogP contribution in [0.3, 0.4) is 0 Å². The number of nitrogens with zero attached hydrogens (tertiary/aromatic N) is 2. The van der Waals surface area contributed by atoms with Crippen molar-refractivity contribution in [3.05, 3.63) is 94.0 Å².